The molecule has 3 aromatic rings. The predicted molar refractivity (Wildman–Crippen MR) is 154 cm³/mol. The molecular formula is C30H37N3O5S. The first kappa shape index (κ1) is 28.9. The number of benzene rings is 2. The third-order valence-corrected chi connectivity index (χ3v) is 8.51. The molecule has 2 atom stereocenters. The third-order valence-electron chi connectivity index (χ3n) is 6.65. The van der Waals surface area contributed by atoms with Crippen molar-refractivity contribution < 1.29 is 23.6 Å². The van der Waals surface area contributed by atoms with Crippen molar-refractivity contribution in [2.75, 3.05) is 34.0 Å². The van der Waals surface area contributed by atoms with Gasteiger partial charge >= 0.3 is 0 Å². The Labute approximate surface area is 233 Å². The topological polar surface area (TPSA) is 101 Å². The zero-order valence-electron chi connectivity index (χ0n) is 23.2. The molecule has 1 aliphatic rings. The number of pyridine rings is 1. The van der Waals surface area contributed by atoms with Gasteiger partial charge in [0.05, 0.1) is 30.2 Å². The van der Waals surface area contributed by atoms with Crippen molar-refractivity contribution in [1.29, 1.82) is 0 Å². The minimum atomic E-state index is -1.33. The molecule has 0 aliphatic carbocycles. The fourth-order valence-electron chi connectivity index (χ4n) is 4.81. The average Bonchev–Trinajstić information content (AvgIpc) is 3.30. The minimum absolute atomic E-state index is 0.0650. The SMILES string of the molecule is COCCNC(=O)c1cc2c(c(-c3cccc(-c4cccc(OC)c4)c3)n1)[C@@H](CCO)N([S@](=O)C(C)(C)C)C2. The van der Waals surface area contributed by atoms with E-state index in [4.69, 9.17) is 14.5 Å². The first-order valence-corrected chi connectivity index (χ1v) is 14.1. The average molecular weight is 552 g/mol. The summed E-state index contributed by atoms with van der Waals surface area (Å²) in [5, 5.41) is 12.8. The third kappa shape index (κ3) is 6.38. The number of methoxy groups -OCH3 is 2. The van der Waals surface area contributed by atoms with E-state index in [1.165, 1.54) is 0 Å². The number of aromatic nitrogens is 1. The molecule has 208 valence electrons. The number of hydrogen-bond acceptors (Lipinski definition) is 6. The van der Waals surface area contributed by atoms with Crippen LogP contribution in [0.1, 0.15) is 54.8 Å². The highest BCUT2D eigenvalue weighted by Gasteiger charge is 2.40. The summed E-state index contributed by atoms with van der Waals surface area (Å²) in [6.07, 6.45) is 0.401. The van der Waals surface area contributed by atoms with Gasteiger partial charge in [0.25, 0.3) is 5.91 Å². The lowest BCUT2D eigenvalue weighted by Gasteiger charge is -2.30. The van der Waals surface area contributed by atoms with Crippen LogP contribution >= 0.6 is 0 Å². The van der Waals surface area contributed by atoms with Gasteiger partial charge in [0.2, 0.25) is 0 Å². The standard InChI is InChI=1S/C30H37N3O5S/c1-30(2,3)39(36)33-19-23-18-25(29(35)31-13-15-37-4)32-28(27(23)26(33)12-14-34)22-10-6-8-20(16-22)21-9-7-11-24(17-21)38-5/h6-11,16-18,26,34H,12-15,19H2,1-5H3,(H,31,35)/t26-,39-/m1/s1. The first-order valence-electron chi connectivity index (χ1n) is 13.0. The molecule has 9 heteroatoms. The van der Waals surface area contributed by atoms with Gasteiger partial charge in [-0.25, -0.2) is 13.5 Å². The van der Waals surface area contributed by atoms with Crippen LogP contribution in [0.25, 0.3) is 22.4 Å². The number of carbonyl (C=O) groups is 1. The number of fused-ring (bicyclic) bond motifs is 1. The van der Waals surface area contributed by atoms with Crippen LogP contribution in [0.4, 0.5) is 0 Å². The molecule has 1 amide bonds. The second-order valence-electron chi connectivity index (χ2n) is 10.5. The second kappa shape index (κ2) is 12.4. The van der Waals surface area contributed by atoms with Gasteiger partial charge in [0.1, 0.15) is 22.4 Å². The van der Waals surface area contributed by atoms with E-state index >= 15 is 0 Å². The Kier molecular flexibility index (Phi) is 9.17. The molecule has 0 radical (unpaired) electrons. The predicted octanol–water partition coefficient (Wildman–Crippen LogP) is 4.50. The smallest absolute Gasteiger partial charge is 0.269 e. The Hall–Kier alpha value is -3.11. The largest absolute Gasteiger partial charge is 0.497 e. The lowest BCUT2D eigenvalue weighted by Crippen LogP contribution is -2.36. The van der Waals surface area contributed by atoms with Crippen LogP contribution in [0.2, 0.25) is 0 Å². The van der Waals surface area contributed by atoms with Crippen LogP contribution < -0.4 is 10.1 Å². The highest BCUT2D eigenvalue weighted by molar-refractivity contribution is 7.84. The Morgan fingerprint density at radius 1 is 1.10 bits per heavy atom. The van der Waals surface area contributed by atoms with Gasteiger partial charge in [0.15, 0.2) is 0 Å². The van der Waals surface area contributed by atoms with Crippen LogP contribution in [0.15, 0.2) is 54.6 Å². The number of nitrogens with one attached hydrogen (secondary N) is 1. The fraction of sp³-hybridized carbons (Fsp3) is 0.400. The van der Waals surface area contributed by atoms with Crippen molar-refractivity contribution in [1.82, 2.24) is 14.6 Å². The van der Waals surface area contributed by atoms with Gasteiger partial charge < -0.3 is 19.9 Å². The van der Waals surface area contributed by atoms with E-state index in [9.17, 15) is 14.1 Å². The highest BCUT2D eigenvalue weighted by Crippen LogP contribution is 2.44. The van der Waals surface area contributed by atoms with Crippen LogP contribution in [0.3, 0.4) is 0 Å². The summed E-state index contributed by atoms with van der Waals surface area (Å²) in [4.78, 5) is 18.0. The summed E-state index contributed by atoms with van der Waals surface area (Å²) in [6.45, 7) is 6.90. The van der Waals surface area contributed by atoms with Crippen molar-refractivity contribution in [2.24, 2.45) is 0 Å². The molecule has 4 rings (SSSR count). The number of carbonyl (C=O) groups excluding carboxylic acids is 1. The Bertz CT molecular complexity index is 1350. The Balaban J connectivity index is 1.86. The molecule has 8 nitrogen and oxygen atoms in total. The molecule has 0 saturated carbocycles. The zero-order chi connectivity index (χ0) is 28.2. The summed E-state index contributed by atoms with van der Waals surface area (Å²) in [5.41, 5.74) is 5.54. The number of nitrogens with zero attached hydrogens (tertiary/aromatic N) is 2. The molecule has 2 N–H and O–H groups in total. The zero-order valence-corrected chi connectivity index (χ0v) is 24.0. The van der Waals surface area contributed by atoms with Crippen molar-refractivity contribution >= 4 is 16.9 Å². The maximum atomic E-state index is 13.6. The minimum Gasteiger partial charge on any atom is -0.497 e. The number of rotatable bonds is 10. The molecule has 39 heavy (non-hydrogen) atoms. The lowest BCUT2D eigenvalue weighted by molar-refractivity contribution is 0.0932. The number of aliphatic hydroxyl groups excluding tert-OH is 1. The number of hydrogen-bond donors (Lipinski definition) is 2. The monoisotopic (exact) mass is 551 g/mol. The molecular weight excluding hydrogens is 514 g/mol. The van der Waals surface area contributed by atoms with E-state index in [-0.39, 0.29) is 24.2 Å². The first-order chi connectivity index (χ1) is 18.7. The molecule has 2 heterocycles. The Morgan fingerprint density at radius 3 is 2.46 bits per heavy atom. The Morgan fingerprint density at radius 2 is 1.79 bits per heavy atom. The van der Waals surface area contributed by atoms with Crippen LogP contribution in [0.5, 0.6) is 5.75 Å². The lowest BCUT2D eigenvalue weighted by atomic mass is 9.94. The molecule has 0 saturated heterocycles. The van der Waals surface area contributed by atoms with Crippen LogP contribution in [-0.2, 0) is 22.3 Å². The number of ether oxygens (including phenoxy) is 2. The fourth-order valence-corrected chi connectivity index (χ4v) is 6.21. The molecule has 0 bridgehead atoms. The van der Waals surface area contributed by atoms with E-state index in [0.29, 0.717) is 31.8 Å². The van der Waals surface area contributed by atoms with Crippen molar-refractivity contribution in [3.8, 4) is 28.1 Å². The molecule has 0 fully saturated rings. The second-order valence-corrected chi connectivity index (χ2v) is 12.6. The summed E-state index contributed by atoms with van der Waals surface area (Å²) in [6, 6.07) is 17.3. The molecule has 2 aromatic carbocycles. The summed E-state index contributed by atoms with van der Waals surface area (Å²) >= 11 is 0. The summed E-state index contributed by atoms with van der Waals surface area (Å²) in [7, 11) is 1.89. The molecule has 1 aliphatic heterocycles. The number of amides is 1. The van der Waals surface area contributed by atoms with E-state index in [1.54, 1.807) is 20.3 Å². The quantitative estimate of drug-likeness (QED) is 0.360. The molecule has 0 spiro atoms. The maximum Gasteiger partial charge on any atom is 0.269 e. The van der Waals surface area contributed by atoms with Gasteiger partial charge in [-0.3, -0.25) is 4.79 Å². The molecule has 0 unspecified atom stereocenters. The van der Waals surface area contributed by atoms with Crippen LogP contribution in [-0.4, -0.2) is 63.2 Å². The maximum absolute atomic E-state index is 13.6. The van der Waals surface area contributed by atoms with E-state index in [1.807, 2.05) is 73.6 Å². The number of aliphatic hydroxyl groups is 1. The normalized spacial score (nSPS) is 16.1. The van der Waals surface area contributed by atoms with Gasteiger partial charge in [-0.2, -0.15) is 0 Å². The summed E-state index contributed by atoms with van der Waals surface area (Å²) < 4.78 is 25.5. The summed E-state index contributed by atoms with van der Waals surface area (Å²) in [5.74, 6) is 0.462. The van der Waals surface area contributed by atoms with Crippen molar-refractivity contribution in [3.05, 3.63) is 71.4 Å². The van der Waals surface area contributed by atoms with E-state index in [2.05, 4.69) is 5.32 Å². The highest BCUT2D eigenvalue weighted by atomic mass is 32.2. The van der Waals surface area contributed by atoms with Crippen LogP contribution in [0, 0.1) is 0 Å². The van der Waals surface area contributed by atoms with Gasteiger partial charge in [-0.05, 0) is 68.1 Å². The van der Waals surface area contributed by atoms with Gasteiger partial charge in [-0.1, -0.05) is 30.3 Å². The van der Waals surface area contributed by atoms with Crippen molar-refractivity contribution in [3.63, 3.8) is 0 Å². The van der Waals surface area contributed by atoms with E-state index < -0.39 is 15.7 Å². The molecule has 1 aromatic heterocycles. The van der Waals surface area contributed by atoms with E-state index in [0.717, 1.165) is 33.6 Å². The van der Waals surface area contributed by atoms with Gasteiger partial charge in [0, 0.05) is 37.9 Å². The van der Waals surface area contributed by atoms with Crippen molar-refractivity contribution in [2.45, 2.75) is 44.5 Å². The van der Waals surface area contributed by atoms with Gasteiger partial charge in [-0.15, -0.1) is 0 Å².